The first-order valence-electron chi connectivity index (χ1n) is 4.11. The van der Waals surface area contributed by atoms with Gasteiger partial charge in [0.25, 0.3) is 0 Å². The van der Waals surface area contributed by atoms with Crippen molar-refractivity contribution in [3.05, 3.63) is 24.3 Å². The normalized spacial score (nSPS) is 9.64. The molecule has 0 fully saturated rings. The lowest BCUT2D eigenvalue weighted by molar-refractivity contribution is 0.177. The summed E-state index contributed by atoms with van der Waals surface area (Å²) in [7, 11) is 0. The molecule has 1 heteroatoms. The zero-order valence-corrected chi connectivity index (χ0v) is 7.65. The van der Waals surface area contributed by atoms with Crippen LogP contribution in [0.2, 0.25) is 0 Å². The van der Waals surface area contributed by atoms with Crippen LogP contribution in [0.3, 0.4) is 0 Å². The summed E-state index contributed by atoms with van der Waals surface area (Å²) in [4.78, 5) is 0. The van der Waals surface area contributed by atoms with Gasteiger partial charge >= 0.3 is 0 Å². The Balaban J connectivity index is 3.27. The zero-order valence-electron chi connectivity index (χ0n) is 7.65. The molecule has 0 saturated carbocycles. The van der Waals surface area contributed by atoms with Crippen LogP contribution >= 0.6 is 0 Å². The molecule has 0 aliphatic carbocycles. The third kappa shape index (κ3) is 5.86. The van der Waals surface area contributed by atoms with Crippen molar-refractivity contribution in [3.63, 3.8) is 0 Å². The highest BCUT2D eigenvalue weighted by atomic mass is 16.5. The van der Waals surface area contributed by atoms with Crippen molar-refractivity contribution in [2.45, 2.75) is 26.7 Å². The summed E-state index contributed by atoms with van der Waals surface area (Å²) in [6.07, 6.45) is 2.00. The largest absolute Gasteiger partial charge is 0.373 e. The highest BCUT2D eigenvalue weighted by Crippen LogP contribution is 2.00. The minimum atomic E-state index is 0.676. The van der Waals surface area contributed by atoms with E-state index in [4.69, 9.17) is 4.74 Å². The molecule has 0 radical (unpaired) electrons. The van der Waals surface area contributed by atoms with E-state index in [2.05, 4.69) is 27.0 Å². The minimum absolute atomic E-state index is 0.676. The maximum Gasteiger partial charge on any atom is 0.0678 e. The standard InChI is InChI=1S/C10H18O/c1-5-9(3)7-11-8-10(4)6-2/h3-8H2,1-2H3. The molecule has 0 saturated heterocycles. The molecule has 0 aromatic rings. The average Bonchev–Trinajstić information content (AvgIpc) is 2.04. The molecule has 64 valence electrons. The van der Waals surface area contributed by atoms with E-state index in [1.807, 2.05) is 0 Å². The Morgan fingerprint density at radius 3 is 1.64 bits per heavy atom. The summed E-state index contributed by atoms with van der Waals surface area (Å²) in [5.74, 6) is 0. The van der Waals surface area contributed by atoms with E-state index < -0.39 is 0 Å². The third-order valence-corrected chi connectivity index (χ3v) is 1.61. The molecular formula is C10H18O. The van der Waals surface area contributed by atoms with Gasteiger partial charge in [0, 0.05) is 0 Å². The second-order valence-corrected chi connectivity index (χ2v) is 2.70. The fraction of sp³-hybridized carbons (Fsp3) is 0.600. The van der Waals surface area contributed by atoms with Crippen LogP contribution in [0.5, 0.6) is 0 Å². The van der Waals surface area contributed by atoms with Crippen LogP contribution in [0.4, 0.5) is 0 Å². The Labute approximate surface area is 69.8 Å². The maximum absolute atomic E-state index is 5.34. The molecule has 0 rings (SSSR count). The Morgan fingerprint density at radius 2 is 1.36 bits per heavy atom. The van der Waals surface area contributed by atoms with Gasteiger partial charge in [0.2, 0.25) is 0 Å². The van der Waals surface area contributed by atoms with E-state index in [0.717, 1.165) is 24.0 Å². The molecule has 0 heterocycles. The van der Waals surface area contributed by atoms with Crippen molar-refractivity contribution in [3.8, 4) is 0 Å². The van der Waals surface area contributed by atoms with Gasteiger partial charge in [-0.25, -0.2) is 0 Å². The predicted molar refractivity (Wildman–Crippen MR) is 49.7 cm³/mol. The van der Waals surface area contributed by atoms with Crippen LogP contribution in [0.15, 0.2) is 24.3 Å². The first-order chi connectivity index (χ1) is 5.20. The molecule has 0 aromatic heterocycles. The minimum Gasteiger partial charge on any atom is -0.373 e. The second kappa shape index (κ2) is 6.17. The zero-order chi connectivity index (χ0) is 8.69. The van der Waals surface area contributed by atoms with Crippen molar-refractivity contribution >= 4 is 0 Å². The summed E-state index contributed by atoms with van der Waals surface area (Å²) >= 11 is 0. The highest BCUT2D eigenvalue weighted by Gasteiger charge is 1.92. The van der Waals surface area contributed by atoms with Crippen LogP contribution in [-0.4, -0.2) is 13.2 Å². The molecular weight excluding hydrogens is 136 g/mol. The van der Waals surface area contributed by atoms with Gasteiger partial charge < -0.3 is 4.74 Å². The Hall–Kier alpha value is -0.560. The smallest absolute Gasteiger partial charge is 0.0678 e. The highest BCUT2D eigenvalue weighted by molar-refractivity contribution is 4.95. The molecule has 11 heavy (non-hydrogen) atoms. The van der Waals surface area contributed by atoms with Gasteiger partial charge in [-0.3, -0.25) is 0 Å². The van der Waals surface area contributed by atoms with Crippen LogP contribution in [0.25, 0.3) is 0 Å². The molecule has 0 N–H and O–H groups in total. The van der Waals surface area contributed by atoms with Gasteiger partial charge in [0.15, 0.2) is 0 Å². The van der Waals surface area contributed by atoms with E-state index in [1.54, 1.807) is 0 Å². The first-order valence-corrected chi connectivity index (χ1v) is 4.11. The third-order valence-electron chi connectivity index (χ3n) is 1.61. The lowest BCUT2D eigenvalue weighted by Crippen LogP contribution is -2.00. The monoisotopic (exact) mass is 154 g/mol. The molecule has 0 bridgehead atoms. The molecule has 0 aliphatic heterocycles. The number of hydrogen-bond acceptors (Lipinski definition) is 1. The Kier molecular flexibility index (Phi) is 5.86. The van der Waals surface area contributed by atoms with E-state index in [-0.39, 0.29) is 0 Å². The molecule has 0 atom stereocenters. The molecule has 0 spiro atoms. The Morgan fingerprint density at radius 1 is 1.00 bits per heavy atom. The van der Waals surface area contributed by atoms with Gasteiger partial charge in [0.1, 0.15) is 0 Å². The van der Waals surface area contributed by atoms with Gasteiger partial charge in [-0.1, -0.05) is 38.2 Å². The summed E-state index contributed by atoms with van der Waals surface area (Å²) in [6, 6.07) is 0. The predicted octanol–water partition coefficient (Wildman–Crippen LogP) is 2.94. The van der Waals surface area contributed by atoms with Crippen molar-refractivity contribution in [2.75, 3.05) is 13.2 Å². The summed E-state index contributed by atoms with van der Waals surface area (Å²) in [5, 5.41) is 0. The van der Waals surface area contributed by atoms with Crippen LogP contribution in [-0.2, 0) is 4.74 Å². The molecule has 0 aromatic carbocycles. The summed E-state index contributed by atoms with van der Waals surface area (Å²) in [6.45, 7) is 13.2. The molecule has 0 unspecified atom stereocenters. The number of rotatable bonds is 6. The fourth-order valence-corrected chi connectivity index (χ4v) is 0.544. The molecule has 1 nitrogen and oxygen atoms in total. The lowest BCUT2D eigenvalue weighted by Gasteiger charge is -2.05. The summed E-state index contributed by atoms with van der Waals surface area (Å²) in [5.41, 5.74) is 2.29. The topological polar surface area (TPSA) is 9.23 Å². The van der Waals surface area contributed by atoms with E-state index >= 15 is 0 Å². The van der Waals surface area contributed by atoms with Gasteiger partial charge in [-0.05, 0) is 12.8 Å². The lowest BCUT2D eigenvalue weighted by atomic mass is 10.2. The summed E-state index contributed by atoms with van der Waals surface area (Å²) < 4.78 is 5.34. The maximum atomic E-state index is 5.34. The Bertz CT molecular complexity index is 120. The van der Waals surface area contributed by atoms with E-state index in [9.17, 15) is 0 Å². The number of hydrogen-bond donors (Lipinski definition) is 0. The van der Waals surface area contributed by atoms with Crippen LogP contribution in [0, 0.1) is 0 Å². The molecule has 0 aliphatic rings. The fourth-order valence-electron chi connectivity index (χ4n) is 0.544. The van der Waals surface area contributed by atoms with Crippen molar-refractivity contribution in [2.24, 2.45) is 0 Å². The van der Waals surface area contributed by atoms with Crippen molar-refractivity contribution in [1.29, 1.82) is 0 Å². The van der Waals surface area contributed by atoms with Crippen LogP contribution < -0.4 is 0 Å². The quantitative estimate of drug-likeness (QED) is 0.534. The SMILES string of the molecule is C=C(CC)COCC(=C)CC. The van der Waals surface area contributed by atoms with Crippen molar-refractivity contribution in [1.82, 2.24) is 0 Å². The van der Waals surface area contributed by atoms with Crippen LogP contribution in [0.1, 0.15) is 26.7 Å². The van der Waals surface area contributed by atoms with E-state index in [0.29, 0.717) is 13.2 Å². The first kappa shape index (κ1) is 10.4. The van der Waals surface area contributed by atoms with Gasteiger partial charge in [0.05, 0.1) is 13.2 Å². The number of ether oxygens (including phenoxy) is 1. The molecule has 0 amide bonds. The van der Waals surface area contributed by atoms with E-state index in [1.165, 1.54) is 0 Å². The second-order valence-electron chi connectivity index (χ2n) is 2.70. The van der Waals surface area contributed by atoms with Gasteiger partial charge in [-0.2, -0.15) is 0 Å². The average molecular weight is 154 g/mol. The van der Waals surface area contributed by atoms with Crippen molar-refractivity contribution < 1.29 is 4.74 Å². The van der Waals surface area contributed by atoms with Gasteiger partial charge in [-0.15, -0.1) is 0 Å².